The lowest BCUT2D eigenvalue weighted by atomic mass is 9.90. The lowest BCUT2D eigenvalue weighted by Crippen LogP contribution is -2.49. The van der Waals surface area contributed by atoms with Crippen LogP contribution < -0.4 is 10.6 Å². The Morgan fingerprint density at radius 2 is 1.68 bits per heavy atom. The largest absolute Gasteiger partial charge is 0.444 e. The third-order valence-electron chi connectivity index (χ3n) is 4.25. The van der Waals surface area contributed by atoms with Crippen molar-refractivity contribution in [3.8, 4) is 0 Å². The lowest BCUT2D eigenvalue weighted by molar-refractivity contribution is 0.0488. The van der Waals surface area contributed by atoms with Gasteiger partial charge in [-0.2, -0.15) is 0 Å². The molecule has 0 aromatic heterocycles. The maximum Gasteiger partial charge on any atom is 0.407 e. The Labute approximate surface area is 136 Å². The summed E-state index contributed by atoms with van der Waals surface area (Å²) in [4.78, 5) is 11.9. The Balaban J connectivity index is 1.74. The first-order valence-corrected chi connectivity index (χ1v) is 9.91. The highest BCUT2D eigenvalue weighted by molar-refractivity contribution is 7.85. The fourth-order valence-corrected chi connectivity index (χ4v) is 4.54. The van der Waals surface area contributed by atoms with Crippen molar-refractivity contribution in [2.75, 3.05) is 11.5 Å². The Morgan fingerprint density at radius 1 is 1.05 bits per heavy atom. The molecule has 0 aromatic carbocycles. The number of hydrogen-bond acceptors (Lipinski definition) is 4. The number of ether oxygens (including phenoxy) is 1. The van der Waals surface area contributed by atoms with Gasteiger partial charge >= 0.3 is 6.09 Å². The van der Waals surface area contributed by atoms with Gasteiger partial charge in [-0.1, -0.05) is 0 Å². The van der Waals surface area contributed by atoms with Gasteiger partial charge in [0.15, 0.2) is 0 Å². The summed E-state index contributed by atoms with van der Waals surface area (Å²) in [5.41, 5.74) is -0.450. The molecular formula is C16H30N2O3S. The summed E-state index contributed by atoms with van der Waals surface area (Å²) in [6.07, 6.45) is 5.96. The van der Waals surface area contributed by atoms with Crippen LogP contribution >= 0.6 is 0 Å². The topological polar surface area (TPSA) is 67.4 Å². The van der Waals surface area contributed by atoms with E-state index in [-0.39, 0.29) is 12.1 Å². The molecule has 22 heavy (non-hydrogen) atoms. The van der Waals surface area contributed by atoms with Crippen molar-refractivity contribution >= 4 is 16.9 Å². The van der Waals surface area contributed by atoms with Crippen LogP contribution in [-0.2, 0) is 15.5 Å². The van der Waals surface area contributed by atoms with Crippen molar-refractivity contribution in [1.82, 2.24) is 10.6 Å². The quantitative estimate of drug-likeness (QED) is 0.833. The van der Waals surface area contributed by atoms with Crippen LogP contribution in [0.4, 0.5) is 4.79 Å². The van der Waals surface area contributed by atoms with Gasteiger partial charge < -0.3 is 15.4 Å². The van der Waals surface area contributed by atoms with Gasteiger partial charge in [0.1, 0.15) is 5.60 Å². The maximum absolute atomic E-state index is 11.9. The number of carbonyl (C=O) groups excluding carboxylic acids is 1. The van der Waals surface area contributed by atoms with E-state index < -0.39 is 16.4 Å². The van der Waals surface area contributed by atoms with Crippen molar-refractivity contribution in [1.29, 1.82) is 0 Å². The molecule has 2 aliphatic rings. The second-order valence-corrected chi connectivity index (χ2v) is 9.19. The van der Waals surface area contributed by atoms with E-state index in [0.29, 0.717) is 12.1 Å². The lowest BCUT2D eigenvalue weighted by Gasteiger charge is -2.34. The van der Waals surface area contributed by atoms with E-state index in [1.807, 2.05) is 20.8 Å². The molecule has 6 heteroatoms. The molecule has 1 saturated heterocycles. The van der Waals surface area contributed by atoms with Crippen LogP contribution in [0.25, 0.3) is 0 Å². The Bertz CT molecular complexity index is 399. The van der Waals surface area contributed by atoms with Crippen LogP contribution in [0, 0.1) is 0 Å². The second-order valence-electron chi connectivity index (χ2n) is 7.50. The van der Waals surface area contributed by atoms with E-state index in [4.69, 9.17) is 4.74 Å². The number of amides is 1. The highest BCUT2D eigenvalue weighted by atomic mass is 32.2. The molecule has 1 saturated carbocycles. The smallest absolute Gasteiger partial charge is 0.407 e. The average molecular weight is 330 g/mol. The normalized spacial score (nSPS) is 33.2. The van der Waals surface area contributed by atoms with Crippen molar-refractivity contribution in [3.63, 3.8) is 0 Å². The van der Waals surface area contributed by atoms with E-state index in [9.17, 15) is 9.00 Å². The highest BCUT2D eigenvalue weighted by Gasteiger charge is 2.27. The van der Waals surface area contributed by atoms with Crippen LogP contribution in [0.2, 0.25) is 0 Å². The zero-order valence-corrected chi connectivity index (χ0v) is 14.8. The summed E-state index contributed by atoms with van der Waals surface area (Å²) in [6.45, 7) is 5.64. The first kappa shape index (κ1) is 17.7. The number of rotatable bonds is 3. The van der Waals surface area contributed by atoms with Crippen molar-refractivity contribution in [3.05, 3.63) is 0 Å². The third kappa shape index (κ3) is 6.24. The molecule has 2 N–H and O–H groups in total. The van der Waals surface area contributed by atoms with Crippen LogP contribution in [-0.4, -0.2) is 45.5 Å². The minimum absolute atomic E-state index is 0.193. The predicted molar refractivity (Wildman–Crippen MR) is 89.4 cm³/mol. The van der Waals surface area contributed by atoms with Gasteiger partial charge in [-0.3, -0.25) is 4.21 Å². The summed E-state index contributed by atoms with van der Waals surface area (Å²) in [5.74, 6) is 1.65. The highest BCUT2D eigenvalue weighted by Crippen LogP contribution is 2.21. The molecule has 1 aliphatic carbocycles. The molecule has 0 spiro atoms. The fraction of sp³-hybridized carbons (Fsp3) is 0.938. The van der Waals surface area contributed by atoms with Gasteiger partial charge in [-0.05, 0) is 59.3 Å². The standard InChI is InChI=1S/C16H30N2O3S/c1-16(2,3)21-15(19)18-14-6-4-5-13(11-14)17-12-7-9-22(20)10-8-12/h12-14,17H,4-11H2,1-3H3,(H,18,19). The molecule has 128 valence electrons. The average Bonchev–Trinajstić information content (AvgIpc) is 2.39. The predicted octanol–water partition coefficient (Wildman–Crippen LogP) is 2.32. The number of hydrogen-bond donors (Lipinski definition) is 2. The Morgan fingerprint density at radius 3 is 2.32 bits per heavy atom. The zero-order chi connectivity index (χ0) is 16.2. The van der Waals surface area contributed by atoms with Crippen molar-refractivity contribution in [2.24, 2.45) is 0 Å². The molecule has 0 radical (unpaired) electrons. The van der Waals surface area contributed by atoms with Crippen LogP contribution in [0.5, 0.6) is 0 Å². The third-order valence-corrected chi connectivity index (χ3v) is 5.64. The summed E-state index contributed by atoms with van der Waals surface area (Å²) in [6, 6.07) is 1.13. The monoisotopic (exact) mass is 330 g/mol. The summed E-state index contributed by atoms with van der Waals surface area (Å²) in [5, 5.41) is 6.70. The number of carbonyl (C=O) groups is 1. The molecule has 1 aliphatic heterocycles. The molecule has 2 rings (SSSR count). The van der Waals surface area contributed by atoms with Crippen LogP contribution in [0.1, 0.15) is 59.3 Å². The SMILES string of the molecule is CC(C)(C)OC(=O)NC1CCCC(NC2CCS(=O)CC2)C1. The van der Waals surface area contributed by atoms with Crippen molar-refractivity contribution in [2.45, 2.75) is 83.0 Å². The van der Waals surface area contributed by atoms with Gasteiger partial charge in [0, 0.05) is 40.4 Å². The van der Waals surface area contributed by atoms with E-state index in [1.165, 1.54) is 0 Å². The minimum Gasteiger partial charge on any atom is -0.444 e. The van der Waals surface area contributed by atoms with E-state index in [2.05, 4.69) is 10.6 Å². The first-order chi connectivity index (χ1) is 10.3. The van der Waals surface area contributed by atoms with Gasteiger partial charge in [0.05, 0.1) is 0 Å². The van der Waals surface area contributed by atoms with E-state index in [1.54, 1.807) is 0 Å². The van der Waals surface area contributed by atoms with Gasteiger partial charge in [0.2, 0.25) is 0 Å². The summed E-state index contributed by atoms with van der Waals surface area (Å²) < 4.78 is 16.7. The molecule has 2 atom stereocenters. The van der Waals surface area contributed by atoms with Gasteiger partial charge in [-0.25, -0.2) is 4.79 Å². The van der Waals surface area contributed by atoms with Crippen LogP contribution in [0.3, 0.4) is 0 Å². The Hall–Kier alpha value is -0.620. The van der Waals surface area contributed by atoms with Crippen LogP contribution in [0.15, 0.2) is 0 Å². The molecule has 1 amide bonds. The number of alkyl carbamates (subject to hydrolysis) is 1. The molecule has 2 fully saturated rings. The zero-order valence-electron chi connectivity index (χ0n) is 14.0. The molecule has 0 aromatic rings. The molecular weight excluding hydrogens is 300 g/mol. The van der Waals surface area contributed by atoms with E-state index in [0.717, 1.165) is 50.0 Å². The first-order valence-electron chi connectivity index (χ1n) is 8.42. The van der Waals surface area contributed by atoms with Crippen molar-refractivity contribution < 1.29 is 13.7 Å². The maximum atomic E-state index is 11.9. The number of nitrogens with one attached hydrogen (secondary N) is 2. The molecule has 1 heterocycles. The fourth-order valence-electron chi connectivity index (χ4n) is 3.24. The van der Waals surface area contributed by atoms with Gasteiger partial charge in [0.25, 0.3) is 0 Å². The van der Waals surface area contributed by atoms with E-state index >= 15 is 0 Å². The molecule has 0 bridgehead atoms. The Kier molecular flexibility index (Phi) is 6.26. The summed E-state index contributed by atoms with van der Waals surface area (Å²) in [7, 11) is -0.606. The molecule has 2 unspecified atom stereocenters. The second kappa shape index (κ2) is 7.77. The minimum atomic E-state index is -0.606. The summed E-state index contributed by atoms with van der Waals surface area (Å²) >= 11 is 0. The molecule has 5 nitrogen and oxygen atoms in total. The van der Waals surface area contributed by atoms with Gasteiger partial charge in [-0.15, -0.1) is 0 Å².